The average Bonchev–Trinajstić information content (AvgIpc) is 3.31. The number of rotatable bonds is 5. The summed E-state index contributed by atoms with van der Waals surface area (Å²) < 4.78 is 5.54. The molecule has 3 saturated carbocycles. The van der Waals surface area contributed by atoms with Crippen LogP contribution in [0, 0.1) is 45.3 Å². The Kier molecular flexibility index (Phi) is 5.41. The summed E-state index contributed by atoms with van der Waals surface area (Å²) >= 11 is 0. The minimum atomic E-state index is -0.841. The van der Waals surface area contributed by atoms with Gasteiger partial charge in [0.15, 0.2) is 5.78 Å². The van der Waals surface area contributed by atoms with Crippen LogP contribution >= 0.6 is 0 Å². The molecule has 0 aromatic heterocycles. The van der Waals surface area contributed by atoms with E-state index < -0.39 is 23.6 Å². The molecule has 0 bridgehead atoms. The Balaban J connectivity index is 1.46. The number of hydrogen-bond acceptors (Lipinski definition) is 4. The fraction of sp³-hybridized carbons (Fsp3) is 0.833. The quantitative estimate of drug-likeness (QED) is 0.382. The van der Waals surface area contributed by atoms with Gasteiger partial charge in [0.1, 0.15) is 11.9 Å². The summed E-state index contributed by atoms with van der Waals surface area (Å²) in [5.74, 6) is -0.364. The van der Waals surface area contributed by atoms with Crippen molar-refractivity contribution < 1.29 is 24.2 Å². The molecule has 1 saturated heterocycles. The molecule has 4 fully saturated rings. The van der Waals surface area contributed by atoms with Crippen LogP contribution in [-0.4, -0.2) is 34.3 Å². The fourth-order valence-electron chi connectivity index (χ4n) is 9.65. The van der Waals surface area contributed by atoms with Crippen molar-refractivity contribution in [2.45, 2.75) is 112 Å². The molecule has 1 N–H and O–H groups in total. The second-order valence-electron chi connectivity index (χ2n) is 14.3. The highest BCUT2D eigenvalue weighted by molar-refractivity contribution is 5.90. The highest BCUT2D eigenvalue weighted by Crippen LogP contribution is 2.73. The van der Waals surface area contributed by atoms with Gasteiger partial charge in [0, 0.05) is 18.3 Å². The predicted octanol–water partition coefficient (Wildman–Crippen LogP) is 6.00. The van der Waals surface area contributed by atoms with Crippen LogP contribution in [-0.2, 0) is 19.1 Å². The van der Waals surface area contributed by atoms with E-state index in [2.05, 4.69) is 40.7 Å². The number of carboxylic acid groups (broad SMARTS) is 1. The van der Waals surface area contributed by atoms with Crippen molar-refractivity contribution in [3.63, 3.8) is 0 Å². The van der Waals surface area contributed by atoms with E-state index in [0.717, 1.165) is 38.5 Å². The zero-order chi connectivity index (χ0) is 25.8. The molecule has 1 heterocycles. The number of Topliss-reactive ketones (excluding diaryl/α,β-unsaturated/α-hetero) is 2. The lowest BCUT2D eigenvalue weighted by molar-refractivity contribution is -0.151. The summed E-state index contributed by atoms with van der Waals surface area (Å²) in [5.41, 5.74) is 0.678. The van der Waals surface area contributed by atoms with E-state index in [1.165, 1.54) is 5.57 Å². The van der Waals surface area contributed by atoms with Crippen LogP contribution in [0.5, 0.6) is 0 Å². The summed E-state index contributed by atoms with van der Waals surface area (Å²) in [6, 6.07) is 0. The zero-order valence-electron chi connectivity index (χ0n) is 22.7. The molecule has 4 aliphatic carbocycles. The van der Waals surface area contributed by atoms with Crippen LogP contribution in [0.25, 0.3) is 0 Å². The number of carbonyl (C=O) groups is 3. The van der Waals surface area contributed by atoms with Gasteiger partial charge in [-0.2, -0.15) is 0 Å². The third-order valence-corrected chi connectivity index (χ3v) is 12.2. The number of allylic oxidation sites excluding steroid dienone is 2. The van der Waals surface area contributed by atoms with Crippen molar-refractivity contribution in [2.75, 3.05) is 0 Å². The maximum absolute atomic E-state index is 12.9. The number of aliphatic carboxylic acids is 1. The molecule has 5 aliphatic rings. The van der Waals surface area contributed by atoms with Crippen LogP contribution in [0.15, 0.2) is 11.6 Å². The molecule has 194 valence electrons. The van der Waals surface area contributed by atoms with Gasteiger partial charge in [0.2, 0.25) is 0 Å². The minimum absolute atomic E-state index is 0.0208. The molecule has 1 aliphatic heterocycles. The van der Waals surface area contributed by atoms with Crippen LogP contribution in [0.3, 0.4) is 0 Å². The van der Waals surface area contributed by atoms with Gasteiger partial charge in [-0.25, -0.2) is 0 Å². The highest BCUT2D eigenvalue weighted by Gasteiger charge is 2.66. The maximum Gasteiger partial charge on any atom is 0.307 e. The van der Waals surface area contributed by atoms with Crippen molar-refractivity contribution in [3.05, 3.63) is 11.6 Å². The van der Waals surface area contributed by atoms with Crippen LogP contribution in [0.4, 0.5) is 0 Å². The lowest BCUT2D eigenvalue weighted by Gasteiger charge is -2.63. The highest BCUT2D eigenvalue weighted by atomic mass is 16.6. The second kappa shape index (κ2) is 7.52. The molecule has 0 radical (unpaired) electrons. The van der Waals surface area contributed by atoms with Crippen molar-refractivity contribution >= 4 is 17.5 Å². The average molecular weight is 485 g/mol. The van der Waals surface area contributed by atoms with E-state index in [-0.39, 0.29) is 39.8 Å². The topological polar surface area (TPSA) is 84.0 Å². The Morgan fingerprint density at radius 3 is 2.31 bits per heavy atom. The molecule has 0 aromatic rings. The Hall–Kier alpha value is -1.49. The van der Waals surface area contributed by atoms with Crippen LogP contribution < -0.4 is 0 Å². The molecule has 5 heteroatoms. The summed E-state index contributed by atoms with van der Waals surface area (Å²) in [6.07, 6.45) is 8.48. The Morgan fingerprint density at radius 2 is 1.71 bits per heavy atom. The molecule has 35 heavy (non-hydrogen) atoms. The van der Waals surface area contributed by atoms with Crippen molar-refractivity contribution in [2.24, 2.45) is 45.3 Å². The first-order chi connectivity index (χ1) is 16.1. The molecule has 5 rings (SSSR count). The summed E-state index contributed by atoms with van der Waals surface area (Å²) in [5, 5.41) is 10.3. The number of hydrogen-bond donors (Lipinski definition) is 1. The first kappa shape index (κ1) is 25.2. The maximum atomic E-state index is 12.9. The first-order valence-corrected chi connectivity index (χ1v) is 13.8. The van der Waals surface area contributed by atoms with Gasteiger partial charge in [0.25, 0.3) is 0 Å². The van der Waals surface area contributed by atoms with E-state index in [1.807, 2.05) is 13.8 Å². The van der Waals surface area contributed by atoms with Gasteiger partial charge >= 0.3 is 5.97 Å². The monoisotopic (exact) mass is 484 g/mol. The van der Waals surface area contributed by atoms with E-state index >= 15 is 0 Å². The summed E-state index contributed by atoms with van der Waals surface area (Å²) in [4.78, 5) is 38.3. The predicted molar refractivity (Wildman–Crippen MR) is 134 cm³/mol. The molecule has 0 amide bonds. The molecular weight excluding hydrogens is 440 g/mol. The Morgan fingerprint density at radius 1 is 1.06 bits per heavy atom. The zero-order valence-corrected chi connectivity index (χ0v) is 22.7. The Bertz CT molecular complexity index is 1010. The van der Waals surface area contributed by atoms with Gasteiger partial charge < -0.3 is 9.84 Å². The van der Waals surface area contributed by atoms with E-state index in [4.69, 9.17) is 4.74 Å². The number of fused-ring (bicyclic) bond motifs is 5. The van der Waals surface area contributed by atoms with Gasteiger partial charge in [-0.05, 0) is 86.4 Å². The number of ether oxygens (including phenoxy) is 1. The molecule has 0 spiro atoms. The standard InChI is InChI=1S/C30H44O5/c1-26(2)22-9-8-20-19(28(22,5)13-12-23(26)32)11-15-29(6)18(10-14-30(20,29)7)17(25(33)34)16-21(31)24-27(3,4)35-24/h8,17-19,22,24H,9-16H2,1-7H3,(H,33,34)/t17-,18+,19+,22+,24+,28-,29+,30-/m1/s1. The lowest BCUT2D eigenvalue weighted by atomic mass is 9.41. The summed E-state index contributed by atoms with van der Waals surface area (Å²) in [7, 11) is 0. The number of carboxylic acids is 1. The molecule has 0 aromatic carbocycles. The number of ketones is 2. The normalized spacial score (nSPS) is 46.0. The van der Waals surface area contributed by atoms with E-state index in [0.29, 0.717) is 24.0 Å². The van der Waals surface area contributed by atoms with Crippen molar-refractivity contribution in [3.8, 4) is 0 Å². The fourth-order valence-corrected chi connectivity index (χ4v) is 9.65. The molecular formula is C30H44O5. The van der Waals surface area contributed by atoms with Crippen LogP contribution in [0.2, 0.25) is 0 Å². The van der Waals surface area contributed by atoms with Crippen molar-refractivity contribution in [1.29, 1.82) is 0 Å². The summed E-state index contributed by atoms with van der Waals surface area (Å²) in [6.45, 7) is 15.2. The second-order valence-corrected chi connectivity index (χ2v) is 14.3. The Labute approximate surface area is 210 Å². The molecule has 8 atom stereocenters. The SMILES string of the molecule is CC1(C)O[C@H]1C(=O)C[C@@H](C(=O)O)[C@@H]1CC[C@]2(C)C3=CC[C@H]4C(C)(C)C(=O)CC[C@]4(C)[C@H]3CC[C@@]12C. The van der Waals surface area contributed by atoms with Gasteiger partial charge in [-0.1, -0.05) is 46.3 Å². The molecule has 0 unspecified atom stereocenters. The largest absolute Gasteiger partial charge is 0.481 e. The van der Waals surface area contributed by atoms with Gasteiger partial charge in [-0.15, -0.1) is 0 Å². The number of epoxide rings is 1. The molecule has 5 nitrogen and oxygen atoms in total. The van der Waals surface area contributed by atoms with E-state index in [1.54, 1.807) is 0 Å². The number of carbonyl (C=O) groups excluding carboxylic acids is 2. The smallest absolute Gasteiger partial charge is 0.307 e. The van der Waals surface area contributed by atoms with Gasteiger partial charge in [0.05, 0.1) is 11.5 Å². The first-order valence-electron chi connectivity index (χ1n) is 13.8. The van der Waals surface area contributed by atoms with E-state index in [9.17, 15) is 19.5 Å². The minimum Gasteiger partial charge on any atom is -0.481 e. The lowest BCUT2D eigenvalue weighted by Crippen LogP contribution is -2.57. The third kappa shape index (κ3) is 3.32. The van der Waals surface area contributed by atoms with Crippen molar-refractivity contribution in [1.82, 2.24) is 0 Å². The van der Waals surface area contributed by atoms with Gasteiger partial charge in [-0.3, -0.25) is 14.4 Å². The third-order valence-electron chi connectivity index (χ3n) is 12.2. The van der Waals surface area contributed by atoms with Crippen LogP contribution in [0.1, 0.15) is 99.8 Å².